The molecule has 1 fully saturated rings. The summed E-state index contributed by atoms with van der Waals surface area (Å²) in [5.41, 5.74) is 0.762. The van der Waals surface area contributed by atoms with Crippen LogP contribution in [0.3, 0.4) is 0 Å². The molecule has 0 aromatic heterocycles. The van der Waals surface area contributed by atoms with E-state index in [-0.39, 0.29) is 5.75 Å². The van der Waals surface area contributed by atoms with E-state index in [2.05, 4.69) is 12.2 Å². The minimum atomic E-state index is -3.15. The van der Waals surface area contributed by atoms with E-state index in [1.54, 1.807) is 19.1 Å². The van der Waals surface area contributed by atoms with E-state index in [4.69, 9.17) is 0 Å². The Labute approximate surface area is 110 Å². The molecule has 2 atom stereocenters. The molecule has 18 heavy (non-hydrogen) atoms. The van der Waals surface area contributed by atoms with Gasteiger partial charge in [0.1, 0.15) is 0 Å². The van der Waals surface area contributed by atoms with Gasteiger partial charge in [-0.2, -0.15) is 0 Å². The molecule has 3 nitrogen and oxygen atoms in total. The van der Waals surface area contributed by atoms with E-state index in [0.29, 0.717) is 10.9 Å². The van der Waals surface area contributed by atoms with Crippen LogP contribution >= 0.6 is 0 Å². The largest absolute Gasteiger partial charge is 0.381 e. The number of nitrogens with one attached hydrogen (secondary N) is 1. The molecule has 100 valence electrons. The fourth-order valence-corrected chi connectivity index (χ4v) is 3.63. The predicted molar refractivity (Wildman–Crippen MR) is 74.6 cm³/mol. The summed E-state index contributed by atoms with van der Waals surface area (Å²) in [5, 5.41) is 3.40. The highest BCUT2D eigenvalue weighted by atomic mass is 32.2. The summed E-state index contributed by atoms with van der Waals surface area (Å²) in [6, 6.07) is 7.64. The maximum absolute atomic E-state index is 12.0. The van der Waals surface area contributed by atoms with Crippen LogP contribution in [-0.4, -0.2) is 20.2 Å². The van der Waals surface area contributed by atoms with Crippen molar-refractivity contribution in [2.75, 3.05) is 11.1 Å². The fourth-order valence-electron chi connectivity index (χ4n) is 2.57. The van der Waals surface area contributed by atoms with Crippen LogP contribution in [0, 0.1) is 5.92 Å². The van der Waals surface area contributed by atoms with Crippen molar-refractivity contribution in [2.24, 2.45) is 5.92 Å². The molecular weight excluding hydrogens is 246 g/mol. The molecule has 1 saturated carbocycles. The van der Waals surface area contributed by atoms with E-state index in [1.807, 2.05) is 12.1 Å². The lowest BCUT2D eigenvalue weighted by Gasteiger charge is -2.17. The van der Waals surface area contributed by atoms with Crippen molar-refractivity contribution >= 4 is 15.5 Å². The Hall–Kier alpha value is -1.03. The molecule has 0 amide bonds. The third kappa shape index (κ3) is 2.86. The topological polar surface area (TPSA) is 46.2 Å². The molecule has 0 bridgehead atoms. The van der Waals surface area contributed by atoms with Gasteiger partial charge in [-0.3, -0.25) is 0 Å². The molecule has 1 aromatic rings. The lowest BCUT2D eigenvalue weighted by atomic mass is 10.1. The molecule has 1 N–H and O–H groups in total. The highest BCUT2D eigenvalue weighted by Gasteiger charge is 2.23. The molecule has 0 radical (unpaired) electrons. The lowest BCUT2D eigenvalue weighted by molar-refractivity contribution is 0.596. The molecule has 4 heteroatoms. The van der Waals surface area contributed by atoms with Crippen LogP contribution in [0.4, 0.5) is 5.69 Å². The van der Waals surface area contributed by atoms with E-state index < -0.39 is 9.84 Å². The van der Waals surface area contributed by atoms with Crippen LogP contribution in [0.5, 0.6) is 0 Å². The average molecular weight is 267 g/mol. The first-order valence-electron chi connectivity index (χ1n) is 6.61. The summed E-state index contributed by atoms with van der Waals surface area (Å²) >= 11 is 0. The van der Waals surface area contributed by atoms with Crippen LogP contribution < -0.4 is 5.32 Å². The van der Waals surface area contributed by atoms with Crippen molar-refractivity contribution in [1.29, 1.82) is 0 Å². The zero-order chi connectivity index (χ0) is 13.2. The van der Waals surface area contributed by atoms with Gasteiger partial charge in [0.05, 0.1) is 16.3 Å². The Morgan fingerprint density at radius 2 is 2.00 bits per heavy atom. The summed E-state index contributed by atoms with van der Waals surface area (Å²) in [5.74, 6) is 0.879. The first-order chi connectivity index (χ1) is 8.53. The third-order valence-electron chi connectivity index (χ3n) is 3.66. The minimum Gasteiger partial charge on any atom is -0.381 e. The molecule has 1 aliphatic carbocycles. The van der Waals surface area contributed by atoms with Crippen molar-refractivity contribution in [1.82, 2.24) is 0 Å². The highest BCUT2D eigenvalue weighted by Crippen LogP contribution is 2.30. The number of hydrogen-bond acceptors (Lipinski definition) is 3. The lowest BCUT2D eigenvalue weighted by Crippen LogP contribution is -2.18. The second-order valence-corrected chi connectivity index (χ2v) is 7.41. The van der Waals surface area contributed by atoms with Gasteiger partial charge in [0.25, 0.3) is 0 Å². The molecule has 1 aliphatic rings. The first-order valence-corrected chi connectivity index (χ1v) is 8.26. The van der Waals surface area contributed by atoms with Gasteiger partial charge in [0.2, 0.25) is 0 Å². The van der Waals surface area contributed by atoms with Gasteiger partial charge in [-0.15, -0.1) is 0 Å². The molecule has 0 heterocycles. The van der Waals surface area contributed by atoms with E-state index in [9.17, 15) is 8.42 Å². The Balaban J connectivity index is 2.23. The Kier molecular flexibility index (Phi) is 3.95. The standard InChI is InChI=1S/C14H21NO2S/c1-3-18(16,17)14-7-5-4-6-13(14)15-12-9-8-11(2)10-12/h4-7,11-12,15H,3,8-10H2,1-2H3. The van der Waals surface area contributed by atoms with Crippen LogP contribution in [0.15, 0.2) is 29.2 Å². The third-order valence-corrected chi connectivity index (χ3v) is 5.44. The SMILES string of the molecule is CCS(=O)(=O)c1ccccc1NC1CCC(C)C1. The summed E-state index contributed by atoms with van der Waals surface area (Å²) < 4.78 is 24.0. The Morgan fingerprint density at radius 3 is 2.61 bits per heavy atom. The van der Waals surface area contributed by atoms with Gasteiger partial charge in [0, 0.05) is 6.04 Å². The van der Waals surface area contributed by atoms with Crippen molar-refractivity contribution in [2.45, 2.75) is 44.0 Å². The molecule has 1 aromatic carbocycles. The van der Waals surface area contributed by atoms with E-state index in [0.717, 1.165) is 24.4 Å². The van der Waals surface area contributed by atoms with Crippen LogP contribution in [-0.2, 0) is 9.84 Å². The first kappa shape index (κ1) is 13.4. The zero-order valence-corrected chi connectivity index (χ0v) is 11.8. The normalized spacial score (nSPS) is 24.1. The van der Waals surface area contributed by atoms with Gasteiger partial charge < -0.3 is 5.32 Å². The summed E-state index contributed by atoms with van der Waals surface area (Å²) in [6.45, 7) is 3.93. The van der Waals surface area contributed by atoms with Gasteiger partial charge in [-0.1, -0.05) is 26.0 Å². The van der Waals surface area contributed by atoms with E-state index in [1.165, 1.54) is 6.42 Å². The fraction of sp³-hybridized carbons (Fsp3) is 0.571. The Morgan fingerprint density at radius 1 is 1.28 bits per heavy atom. The second kappa shape index (κ2) is 5.31. The quantitative estimate of drug-likeness (QED) is 0.912. The van der Waals surface area contributed by atoms with Gasteiger partial charge in [0.15, 0.2) is 9.84 Å². The predicted octanol–water partition coefficient (Wildman–Crippen LogP) is 3.08. The maximum Gasteiger partial charge on any atom is 0.180 e. The molecule has 2 rings (SSSR count). The summed E-state index contributed by atoms with van der Waals surface area (Å²) in [6.07, 6.45) is 3.47. The van der Waals surface area contributed by atoms with Gasteiger partial charge in [-0.05, 0) is 37.3 Å². The molecule has 2 unspecified atom stereocenters. The number of anilines is 1. The highest BCUT2D eigenvalue weighted by molar-refractivity contribution is 7.91. The van der Waals surface area contributed by atoms with Crippen molar-refractivity contribution in [3.8, 4) is 0 Å². The van der Waals surface area contributed by atoms with Crippen LogP contribution in [0.1, 0.15) is 33.1 Å². The minimum absolute atomic E-state index is 0.146. The maximum atomic E-state index is 12.0. The number of rotatable bonds is 4. The average Bonchev–Trinajstić information content (AvgIpc) is 2.75. The van der Waals surface area contributed by atoms with Crippen LogP contribution in [0.25, 0.3) is 0 Å². The van der Waals surface area contributed by atoms with E-state index >= 15 is 0 Å². The number of benzene rings is 1. The zero-order valence-electron chi connectivity index (χ0n) is 11.0. The van der Waals surface area contributed by atoms with Crippen LogP contribution in [0.2, 0.25) is 0 Å². The number of sulfone groups is 1. The molecule has 0 saturated heterocycles. The summed E-state index contributed by atoms with van der Waals surface area (Å²) in [4.78, 5) is 0.437. The van der Waals surface area contributed by atoms with Gasteiger partial charge in [-0.25, -0.2) is 8.42 Å². The molecule has 0 spiro atoms. The molecular formula is C14H21NO2S. The second-order valence-electron chi connectivity index (χ2n) is 5.16. The van der Waals surface area contributed by atoms with Crippen molar-refractivity contribution in [3.63, 3.8) is 0 Å². The smallest absolute Gasteiger partial charge is 0.180 e. The number of para-hydroxylation sites is 1. The monoisotopic (exact) mass is 267 g/mol. The van der Waals surface area contributed by atoms with Crippen molar-refractivity contribution < 1.29 is 8.42 Å². The van der Waals surface area contributed by atoms with Crippen molar-refractivity contribution in [3.05, 3.63) is 24.3 Å². The van der Waals surface area contributed by atoms with Gasteiger partial charge >= 0.3 is 0 Å². The summed E-state index contributed by atoms with van der Waals surface area (Å²) in [7, 11) is -3.15. The molecule has 0 aliphatic heterocycles. The number of hydrogen-bond donors (Lipinski definition) is 1. The Bertz CT molecular complexity index is 510.